The Hall–Kier alpha value is -2.08. The van der Waals surface area contributed by atoms with Crippen LogP contribution < -0.4 is 21.1 Å². The van der Waals surface area contributed by atoms with Crippen molar-refractivity contribution in [2.75, 3.05) is 25.5 Å². The Kier molecular flexibility index (Phi) is 4.80. The van der Waals surface area contributed by atoms with Gasteiger partial charge in [-0.2, -0.15) is 0 Å². The summed E-state index contributed by atoms with van der Waals surface area (Å²) in [6.07, 6.45) is 2.71. The summed E-state index contributed by atoms with van der Waals surface area (Å²) in [6.45, 7) is 0.312. The molecule has 1 aliphatic carbocycles. The van der Waals surface area contributed by atoms with Crippen LogP contribution in [0.2, 0.25) is 0 Å². The Labute approximate surface area is 124 Å². The highest BCUT2D eigenvalue weighted by Crippen LogP contribution is 2.40. The minimum absolute atomic E-state index is 0.0419. The van der Waals surface area contributed by atoms with Gasteiger partial charge in [-0.05, 0) is 25.0 Å². The number of carbonyl (C=O) groups excluding carboxylic acids is 2. The molecule has 0 saturated heterocycles. The Bertz CT molecular complexity index is 521. The molecule has 2 amide bonds. The number of benzene rings is 1. The molecular formula is C15H21N3O3. The number of hydrogen-bond donors (Lipinski definition) is 3. The number of rotatable bonds is 6. The second kappa shape index (κ2) is 6.58. The van der Waals surface area contributed by atoms with Crippen molar-refractivity contribution in [2.24, 2.45) is 11.1 Å². The number of ether oxygens (including phenoxy) is 1. The first-order valence-electron chi connectivity index (χ1n) is 7.04. The van der Waals surface area contributed by atoms with Gasteiger partial charge < -0.3 is 21.1 Å². The van der Waals surface area contributed by atoms with Crippen LogP contribution in [0.3, 0.4) is 0 Å². The highest BCUT2D eigenvalue weighted by molar-refractivity contribution is 5.96. The van der Waals surface area contributed by atoms with Crippen LogP contribution in [0.25, 0.3) is 0 Å². The fourth-order valence-corrected chi connectivity index (χ4v) is 2.28. The smallest absolute Gasteiger partial charge is 0.257 e. The second-order valence-corrected chi connectivity index (χ2v) is 5.28. The van der Waals surface area contributed by atoms with Gasteiger partial charge in [-0.25, -0.2) is 0 Å². The lowest BCUT2D eigenvalue weighted by Gasteiger charge is -2.39. The highest BCUT2D eigenvalue weighted by Gasteiger charge is 2.42. The molecule has 21 heavy (non-hydrogen) atoms. The van der Waals surface area contributed by atoms with E-state index in [0.29, 0.717) is 18.0 Å². The Morgan fingerprint density at radius 2 is 2.14 bits per heavy atom. The van der Waals surface area contributed by atoms with Crippen LogP contribution >= 0.6 is 0 Å². The van der Waals surface area contributed by atoms with Crippen molar-refractivity contribution in [1.82, 2.24) is 5.32 Å². The molecule has 1 fully saturated rings. The van der Waals surface area contributed by atoms with Crippen molar-refractivity contribution in [3.8, 4) is 5.75 Å². The lowest BCUT2D eigenvalue weighted by molar-refractivity contribution is -0.129. The maximum atomic E-state index is 12.3. The number of hydrogen-bond acceptors (Lipinski definition) is 4. The summed E-state index contributed by atoms with van der Waals surface area (Å²) in [6, 6.07) is 6.99. The number of nitrogens with two attached hydrogens (primary N) is 1. The van der Waals surface area contributed by atoms with E-state index in [9.17, 15) is 9.59 Å². The molecule has 6 nitrogen and oxygen atoms in total. The standard InChI is InChI=1S/C15H21N3O3/c1-17-13(19)9-21-12-5-2-4-11(8-12)18-14(20)15(10-16)6-3-7-15/h2,4-5,8H,3,6-7,9-10,16H2,1H3,(H,17,19)(H,18,20). The summed E-state index contributed by atoms with van der Waals surface area (Å²) in [5, 5.41) is 5.36. The number of carbonyl (C=O) groups is 2. The molecule has 0 radical (unpaired) electrons. The van der Waals surface area contributed by atoms with Crippen molar-refractivity contribution in [1.29, 1.82) is 0 Å². The molecular weight excluding hydrogens is 270 g/mol. The quantitative estimate of drug-likeness (QED) is 0.725. The van der Waals surface area contributed by atoms with E-state index in [1.54, 1.807) is 31.3 Å². The molecule has 0 spiro atoms. The average Bonchev–Trinajstić information content (AvgIpc) is 2.44. The van der Waals surface area contributed by atoms with E-state index in [1.165, 1.54) is 0 Å². The van der Waals surface area contributed by atoms with Gasteiger partial charge in [0.25, 0.3) is 5.91 Å². The van der Waals surface area contributed by atoms with Crippen molar-refractivity contribution >= 4 is 17.5 Å². The summed E-state index contributed by atoms with van der Waals surface area (Å²) in [4.78, 5) is 23.4. The summed E-state index contributed by atoms with van der Waals surface area (Å²) in [7, 11) is 1.55. The van der Waals surface area contributed by atoms with Crippen LogP contribution in [0.4, 0.5) is 5.69 Å². The maximum Gasteiger partial charge on any atom is 0.257 e. The topological polar surface area (TPSA) is 93.5 Å². The van der Waals surface area contributed by atoms with E-state index in [4.69, 9.17) is 10.5 Å². The van der Waals surface area contributed by atoms with Crippen LogP contribution in [0.5, 0.6) is 5.75 Å². The molecule has 1 aromatic carbocycles. The summed E-state index contributed by atoms with van der Waals surface area (Å²) < 4.78 is 5.35. The van der Waals surface area contributed by atoms with E-state index in [2.05, 4.69) is 10.6 Å². The predicted molar refractivity (Wildman–Crippen MR) is 80.0 cm³/mol. The molecule has 114 valence electrons. The lowest BCUT2D eigenvalue weighted by Crippen LogP contribution is -2.47. The summed E-state index contributed by atoms with van der Waals surface area (Å²) in [5.41, 5.74) is 5.95. The maximum absolute atomic E-state index is 12.3. The van der Waals surface area contributed by atoms with E-state index in [1.807, 2.05) is 0 Å². The molecule has 0 atom stereocenters. The predicted octanol–water partition coefficient (Wildman–Crippen LogP) is 0.879. The van der Waals surface area contributed by atoms with Crippen molar-refractivity contribution in [3.05, 3.63) is 24.3 Å². The SMILES string of the molecule is CNC(=O)COc1cccc(NC(=O)C2(CN)CCC2)c1. The minimum Gasteiger partial charge on any atom is -0.484 e. The van der Waals surface area contributed by atoms with Crippen LogP contribution in [-0.2, 0) is 9.59 Å². The molecule has 6 heteroatoms. The molecule has 1 aliphatic rings. The van der Waals surface area contributed by atoms with E-state index >= 15 is 0 Å². The van der Waals surface area contributed by atoms with E-state index < -0.39 is 5.41 Å². The molecule has 0 bridgehead atoms. The number of anilines is 1. The van der Waals surface area contributed by atoms with Crippen LogP contribution in [0, 0.1) is 5.41 Å². The Balaban J connectivity index is 1.97. The highest BCUT2D eigenvalue weighted by atomic mass is 16.5. The van der Waals surface area contributed by atoms with Gasteiger partial charge in [0, 0.05) is 25.3 Å². The lowest BCUT2D eigenvalue weighted by atomic mass is 9.68. The third kappa shape index (κ3) is 3.52. The molecule has 4 N–H and O–H groups in total. The first-order valence-corrected chi connectivity index (χ1v) is 7.04. The van der Waals surface area contributed by atoms with E-state index in [0.717, 1.165) is 19.3 Å². The van der Waals surface area contributed by atoms with Gasteiger partial charge >= 0.3 is 0 Å². The normalized spacial score (nSPS) is 15.7. The molecule has 1 aromatic rings. The fourth-order valence-electron chi connectivity index (χ4n) is 2.28. The van der Waals surface area contributed by atoms with Crippen LogP contribution in [-0.4, -0.2) is 32.0 Å². The van der Waals surface area contributed by atoms with Gasteiger partial charge in [-0.15, -0.1) is 0 Å². The largest absolute Gasteiger partial charge is 0.484 e. The molecule has 1 saturated carbocycles. The zero-order chi connectivity index (χ0) is 15.3. The van der Waals surface area contributed by atoms with E-state index in [-0.39, 0.29) is 18.4 Å². The summed E-state index contributed by atoms with van der Waals surface area (Å²) >= 11 is 0. The van der Waals surface area contributed by atoms with Crippen LogP contribution in [0.1, 0.15) is 19.3 Å². The second-order valence-electron chi connectivity index (χ2n) is 5.28. The zero-order valence-corrected chi connectivity index (χ0v) is 12.1. The number of amides is 2. The first-order chi connectivity index (χ1) is 10.1. The molecule has 0 heterocycles. The minimum atomic E-state index is -0.418. The monoisotopic (exact) mass is 291 g/mol. The molecule has 0 aromatic heterocycles. The molecule has 2 rings (SSSR count). The third-order valence-electron chi connectivity index (χ3n) is 3.92. The van der Waals surface area contributed by atoms with Crippen molar-refractivity contribution in [3.63, 3.8) is 0 Å². The number of likely N-dealkylation sites (N-methyl/N-ethyl adjacent to an activating group) is 1. The Morgan fingerprint density at radius 1 is 1.38 bits per heavy atom. The zero-order valence-electron chi connectivity index (χ0n) is 12.1. The molecule has 0 unspecified atom stereocenters. The van der Waals surface area contributed by atoms with Gasteiger partial charge in [-0.1, -0.05) is 12.5 Å². The van der Waals surface area contributed by atoms with Crippen molar-refractivity contribution < 1.29 is 14.3 Å². The first kappa shape index (κ1) is 15.3. The van der Waals surface area contributed by atoms with Crippen molar-refractivity contribution in [2.45, 2.75) is 19.3 Å². The van der Waals surface area contributed by atoms with Crippen LogP contribution in [0.15, 0.2) is 24.3 Å². The van der Waals surface area contributed by atoms with Gasteiger partial charge in [0.05, 0.1) is 5.41 Å². The molecule has 0 aliphatic heterocycles. The average molecular weight is 291 g/mol. The number of nitrogens with one attached hydrogen (secondary N) is 2. The van der Waals surface area contributed by atoms with Gasteiger partial charge in [0.2, 0.25) is 5.91 Å². The fraction of sp³-hybridized carbons (Fsp3) is 0.467. The Morgan fingerprint density at radius 3 is 2.71 bits per heavy atom. The van der Waals surface area contributed by atoms with Gasteiger partial charge in [0.15, 0.2) is 6.61 Å². The van der Waals surface area contributed by atoms with Gasteiger partial charge in [0.1, 0.15) is 5.75 Å². The van der Waals surface area contributed by atoms with Gasteiger partial charge in [-0.3, -0.25) is 9.59 Å². The summed E-state index contributed by atoms with van der Waals surface area (Å²) in [5.74, 6) is 0.285. The third-order valence-corrected chi connectivity index (χ3v) is 3.92.